The van der Waals surface area contributed by atoms with Crippen LogP contribution < -0.4 is 0 Å². The molecular weight excluding hydrogens is 180 g/mol. The van der Waals surface area contributed by atoms with Crippen LogP contribution in [0.1, 0.15) is 11.5 Å². The predicted molar refractivity (Wildman–Crippen MR) is 41.8 cm³/mol. The van der Waals surface area contributed by atoms with Crippen molar-refractivity contribution in [1.29, 1.82) is 0 Å². The zero-order valence-corrected chi connectivity index (χ0v) is 7.17. The molecule has 2 nitrogen and oxygen atoms in total. The van der Waals surface area contributed by atoms with Gasteiger partial charge in [-0.3, -0.25) is 0 Å². The molecule has 1 aromatic rings. The summed E-state index contributed by atoms with van der Waals surface area (Å²) in [6, 6.07) is 1.88. The van der Waals surface area contributed by atoms with Gasteiger partial charge in [0.15, 0.2) is 0 Å². The number of halogens is 1. The van der Waals surface area contributed by atoms with E-state index in [1.54, 1.807) is 6.20 Å². The summed E-state index contributed by atoms with van der Waals surface area (Å²) in [6.07, 6.45) is 1.76. The van der Waals surface area contributed by atoms with E-state index in [0.29, 0.717) is 0 Å². The van der Waals surface area contributed by atoms with Gasteiger partial charge in [0.25, 0.3) is 0 Å². The molecule has 9 heavy (non-hydrogen) atoms. The van der Waals surface area contributed by atoms with Crippen LogP contribution in [0.4, 0.5) is 0 Å². The highest BCUT2D eigenvalue weighted by Gasteiger charge is 1.83. The van der Waals surface area contributed by atoms with Crippen LogP contribution in [0.3, 0.4) is 0 Å². The number of nitrogens with zero attached hydrogens (tertiary/aromatic N) is 2. The lowest BCUT2D eigenvalue weighted by Crippen LogP contribution is -1.86. The predicted octanol–water partition coefficient (Wildman–Crippen LogP) is 1.67. The van der Waals surface area contributed by atoms with Crippen molar-refractivity contribution in [3.63, 3.8) is 0 Å². The van der Waals surface area contributed by atoms with E-state index in [9.17, 15) is 0 Å². The molecule has 0 saturated heterocycles. The van der Waals surface area contributed by atoms with E-state index in [4.69, 9.17) is 0 Å². The molecule has 1 rings (SSSR count). The zero-order valence-electron chi connectivity index (χ0n) is 5.46. The molecule has 0 aliphatic rings. The summed E-state index contributed by atoms with van der Waals surface area (Å²) in [5.74, 6) is 0.838. The molecule has 0 radical (unpaired) electrons. The Labute approximate surface area is 65.1 Å². The fraction of sp³-hybridized carbons (Fsp3) is 0.333. The summed E-state index contributed by atoms with van der Waals surface area (Å²) < 4.78 is 0. The highest BCUT2D eigenvalue weighted by atomic mass is 79.9. The SMILES string of the molecule is Br.Cc1ccnc(C)n1. The molecule has 3 heteroatoms. The van der Waals surface area contributed by atoms with Gasteiger partial charge in [-0.25, -0.2) is 9.97 Å². The molecule has 1 aromatic heterocycles. The Kier molecular flexibility index (Phi) is 3.39. The molecule has 0 unspecified atom stereocenters. The molecule has 1 heterocycles. The van der Waals surface area contributed by atoms with E-state index < -0.39 is 0 Å². The van der Waals surface area contributed by atoms with Crippen LogP contribution in [-0.4, -0.2) is 9.97 Å². The van der Waals surface area contributed by atoms with Gasteiger partial charge < -0.3 is 0 Å². The van der Waals surface area contributed by atoms with Crippen LogP contribution >= 0.6 is 17.0 Å². The Morgan fingerprint density at radius 2 is 2.00 bits per heavy atom. The van der Waals surface area contributed by atoms with Crippen LogP contribution in [0, 0.1) is 13.8 Å². The van der Waals surface area contributed by atoms with Gasteiger partial charge in [-0.15, -0.1) is 17.0 Å². The lowest BCUT2D eigenvalue weighted by molar-refractivity contribution is 1.01. The fourth-order valence-electron chi connectivity index (χ4n) is 0.574. The quantitative estimate of drug-likeness (QED) is 0.620. The van der Waals surface area contributed by atoms with Gasteiger partial charge in [0, 0.05) is 11.9 Å². The monoisotopic (exact) mass is 188 g/mol. The van der Waals surface area contributed by atoms with Crippen LogP contribution in [0.5, 0.6) is 0 Å². The normalized spacial score (nSPS) is 8.22. The third-order valence-electron chi connectivity index (χ3n) is 0.915. The Morgan fingerprint density at radius 1 is 1.33 bits per heavy atom. The Hall–Kier alpha value is -0.440. The largest absolute Gasteiger partial charge is 0.242 e. The molecule has 0 atom stereocenters. The van der Waals surface area contributed by atoms with Gasteiger partial charge in [-0.2, -0.15) is 0 Å². The lowest BCUT2D eigenvalue weighted by Gasteiger charge is -1.89. The van der Waals surface area contributed by atoms with Crippen molar-refractivity contribution in [3.05, 3.63) is 23.8 Å². The second kappa shape index (κ2) is 3.56. The first-order valence-electron chi connectivity index (χ1n) is 2.55. The molecule has 0 aromatic carbocycles. The third-order valence-corrected chi connectivity index (χ3v) is 0.915. The summed E-state index contributed by atoms with van der Waals surface area (Å²) in [7, 11) is 0. The first-order chi connectivity index (χ1) is 3.79. The topological polar surface area (TPSA) is 25.8 Å². The van der Waals surface area contributed by atoms with Gasteiger partial charge in [0.2, 0.25) is 0 Å². The van der Waals surface area contributed by atoms with Crippen molar-refractivity contribution in [2.24, 2.45) is 0 Å². The van der Waals surface area contributed by atoms with Gasteiger partial charge in [0.05, 0.1) is 0 Å². The lowest BCUT2D eigenvalue weighted by atomic mass is 10.4. The number of aryl methyl sites for hydroxylation is 2. The average Bonchev–Trinajstić information content (AvgIpc) is 1.64. The van der Waals surface area contributed by atoms with Gasteiger partial charge in [0.1, 0.15) is 5.82 Å². The molecule has 0 N–H and O–H groups in total. The number of rotatable bonds is 0. The summed E-state index contributed by atoms with van der Waals surface area (Å²) in [5, 5.41) is 0. The second-order valence-electron chi connectivity index (χ2n) is 1.75. The number of hydrogen-bond donors (Lipinski definition) is 0. The van der Waals surface area contributed by atoms with Crippen molar-refractivity contribution < 1.29 is 0 Å². The second-order valence-corrected chi connectivity index (χ2v) is 1.75. The highest BCUT2D eigenvalue weighted by molar-refractivity contribution is 8.93. The zero-order chi connectivity index (χ0) is 5.98. The Bertz CT molecular complexity index is 171. The Balaban J connectivity index is 0.000000640. The maximum Gasteiger partial charge on any atom is 0.125 e. The summed E-state index contributed by atoms with van der Waals surface area (Å²) >= 11 is 0. The van der Waals surface area contributed by atoms with E-state index in [2.05, 4.69) is 9.97 Å². The van der Waals surface area contributed by atoms with Crippen LogP contribution in [-0.2, 0) is 0 Å². The minimum atomic E-state index is 0. The number of hydrogen-bond acceptors (Lipinski definition) is 2. The number of aromatic nitrogens is 2. The molecule has 0 aliphatic heterocycles. The standard InChI is InChI=1S/C6H8N2.BrH/c1-5-3-4-7-6(2)8-5;/h3-4H,1-2H3;1H. The van der Waals surface area contributed by atoms with Crippen LogP contribution in [0.2, 0.25) is 0 Å². The van der Waals surface area contributed by atoms with Crippen LogP contribution in [0.25, 0.3) is 0 Å². The molecular formula is C6H9BrN2. The van der Waals surface area contributed by atoms with E-state index in [0.717, 1.165) is 11.5 Å². The molecule has 0 spiro atoms. The molecule has 0 saturated carbocycles. The summed E-state index contributed by atoms with van der Waals surface area (Å²) in [4.78, 5) is 7.99. The van der Waals surface area contributed by atoms with Crippen molar-refractivity contribution >= 4 is 17.0 Å². The van der Waals surface area contributed by atoms with Gasteiger partial charge >= 0.3 is 0 Å². The molecule has 0 bridgehead atoms. The maximum atomic E-state index is 4.06. The fourth-order valence-corrected chi connectivity index (χ4v) is 0.574. The highest BCUT2D eigenvalue weighted by Crippen LogP contribution is 1.88. The van der Waals surface area contributed by atoms with Gasteiger partial charge in [-0.1, -0.05) is 0 Å². The molecule has 0 fully saturated rings. The molecule has 0 amide bonds. The smallest absolute Gasteiger partial charge is 0.125 e. The van der Waals surface area contributed by atoms with E-state index in [1.165, 1.54) is 0 Å². The molecule has 50 valence electrons. The van der Waals surface area contributed by atoms with Crippen molar-refractivity contribution in [1.82, 2.24) is 9.97 Å². The van der Waals surface area contributed by atoms with Gasteiger partial charge in [-0.05, 0) is 19.9 Å². The summed E-state index contributed by atoms with van der Waals surface area (Å²) in [6.45, 7) is 3.84. The summed E-state index contributed by atoms with van der Waals surface area (Å²) in [5.41, 5.74) is 1.03. The maximum absolute atomic E-state index is 4.06. The minimum absolute atomic E-state index is 0. The van der Waals surface area contributed by atoms with E-state index >= 15 is 0 Å². The van der Waals surface area contributed by atoms with Crippen LogP contribution in [0.15, 0.2) is 12.3 Å². The third kappa shape index (κ3) is 2.56. The average molecular weight is 189 g/mol. The first kappa shape index (κ1) is 8.56. The van der Waals surface area contributed by atoms with E-state index in [1.807, 2.05) is 19.9 Å². The van der Waals surface area contributed by atoms with E-state index in [-0.39, 0.29) is 17.0 Å². The minimum Gasteiger partial charge on any atom is -0.242 e. The molecule has 0 aliphatic carbocycles. The van der Waals surface area contributed by atoms with Crippen molar-refractivity contribution in [2.75, 3.05) is 0 Å². The van der Waals surface area contributed by atoms with Crippen molar-refractivity contribution in [3.8, 4) is 0 Å². The van der Waals surface area contributed by atoms with Crippen molar-refractivity contribution in [2.45, 2.75) is 13.8 Å². The Morgan fingerprint density at radius 3 is 2.33 bits per heavy atom. The first-order valence-corrected chi connectivity index (χ1v) is 2.55.